The van der Waals surface area contributed by atoms with E-state index in [1.165, 1.54) is 5.56 Å². The van der Waals surface area contributed by atoms with Gasteiger partial charge < -0.3 is 10.6 Å². The lowest BCUT2D eigenvalue weighted by Gasteiger charge is -2.25. The van der Waals surface area contributed by atoms with Crippen molar-refractivity contribution in [3.8, 4) is 0 Å². The molecule has 0 aliphatic carbocycles. The van der Waals surface area contributed by atoms with Crippen molar-refractivity contribution in [1.29, 1.82) is 0 Å². The van der Waals surface area contributed by atoms with Crippen LogP contribution in [0.2, 0.25) is 0 Å². The standard InChI is InChI=1S/C16H20N4O/c1-16(2,12-7-5-4-6-8-12)11-18-14-10-9-13(19-20-14)15(21)17-3/h4-10H,11H2,1-3H3,(H,17,21)(H,18,20). The quantitative estimate of drug-likeness (QED) is 0.883. The first kappa shape index (κ1) is 15.0. The van der Waals surface area contributed by atoms with Gasteiger partial charge in [-0.1, -0.05) is 44.2 Å². The summed E-state index contributed by atoms with van der Waals surface area (Å²) >= 11 is 0. The Morgan fingerprint density at radius 3 is 2.38 bits per heavy atom. The van der Waals surface area contributed by atoms with E-state index >= 15 is 0 Å². The van der Waals surface area contributed by atoms with Crippen molar-refractivity contribution in [3.05, 3.63) is 53.7 Å². The average molecular weight is 284 g/mol. The highest BCUT2D eigenvalue weighted by Crippen LogP contribution is 2.23. The molecule has 0 aliphatic heterocycles. The second kappa shape index (κ2) is 6.35. The Kier molecular flexibility index (Phi) is 4.52. The van der Waals surface area contributed by atoms with Crippen molar-refractivity contribution in [1.82, 2.24) is 15.5 Å². The van der Waals surface area contributed by atoms with E-state index in [2.05, 4.69) is 46.8 Å². The van der Waals surface area contributed by atoms with Gasteiger partial charge in [0.15, 0.2) is 5.69 Å². The van der Waals surface area contributed by atoms with Crippen LogP contribution in [-0.2, 0) is 5.41 Å². The molecule has 2 rings (SSSR count). The molecule has 1 amide bonds. The van der Waals surface area contributed by atoms with Crippen LogP contribution in [0.25, 0.3) is 0 Å². The third kappa shape index (κ3) is 3.78. The summed E-state index contributed by atoms with van der Waals surface area (Å²) in [5.41, 5.74) is 1.54. The summed E-state index contributed by atoms with van der Waals surface area (Å²) in [5, 5.41) is 13.7. The Labute approximate surface area is 124 Å². The van der Waals surface area contributed by atoms with Gasteiger partial charge in [-0.15, -0.1) is 10.2 Å². The molecule has 0 bridgehead atoms. The number of hydrogen-bond donors (Lipinski definition) is 2. The lowest BCUT2D eigenvalue weighted by atomic mass is 9.85. The summed E-state index contributed by atoms with van der Waals surface area (Å²) in [6.45, 7) is 5.06. The zero-order valence-electron chi connectivity index (χ0n) is 12.6. The maximum absolute atomic E-state index is 11.4. The fourth-order valence-electron chi connectivity index (χ4n) is 1.98. The Hall–Kier alpha value is -2.43. The topological polar surface area (TPSA) is 66.9 Å². The van der Waals surface area contributed by atoms with Gasteiger partial charge in [0.2, 0.25) is 0 Å². The second-order valence-corrected chi connectivity index (χ2v) is 5.49. The predicted octanol–water partition coefficient (Wildman–Crippen LogP) is 2.23. The van der Waals surface area contributed by atoms with Crippen molar-refractivity contribution in [3.63, 3.8) is 0 Å². The number of amides is 1. The van der Waals surface area contributed by atoms with Crippen molar-refractivity contribution >= 4 is 11.7 Å². The normalized spacial score (nSPS) is 11.0. The molecule has 0 saturated heterocycles. The number of hydrogen-bond acceptors (Lipinski definition) is 4. The Balaban J connectivity index is 2.01. The van der Waals surface area contributed by atoms with Crippen LogP contribution in [0, 0.1) is 0 Å². The van der Waals surface area contributed by atoms with Crippen molar-refractivity contribution in [2.24, 2.45) is 0 Å². The average Bonchev–Trinajstić information content (AvgIpc) is 2.53. The molecule has 2 aromatic rings. The summed E-state index contributed by atoms with van der Waals surface area (Å²) in [6, 6.07) is 13.7. The molecule has 1 heterocycles. The van der Waals surface area contributed by atoms with Crippen LogP contribution in [0.1, 0.15) is 29.9 Å². The molecule has 5 heteroatoms. The summed E-state index contributed by atoms with van der Waals surface area (Å²) in [6.07, 6.45) is 0. The molecule has 0 spiro atoms. The van der Waals surface area contributed by atoms with Gasteiger partial charge in [0.1, 0.15) is 5.82 Å². The number of benzene rings is 1. The van der Waals surface area contributed by atoms with E-state index in [4.69, 9.17) is 0 Å². The van der Waals surface area contributed by atoms with Gasteiger partial charge in [0.05, 0.1) is 0 Å². The molecule has 1 aromatic carbocycles. The van der Waals surface area contributed by atoms with Gasteiger partial charge >= 0.3 is 0 Å². The third-order valence-electron chi connectivity index (χ3n) is 3.39. The van der Waals surface area contributed by atoms with E-state index in [1.807, 2.05) is 18.2 Å². The second-order valence-electron chi connectivity index (χ2n) is 5.49. The molecule has 0 unspecified atom stereocenters. The van der Waals surface area contributed by atoms with Crippen LogP contribution >= 0.6 is 0 Å². The van der Waals surface area contributed by atoms with E-state index in [0.29, 0.717) is 11.5 Å². The van der Waals surface area contributed by atoms with Crippen LogP contribution in [0.15, 0.2) is 42.5 Å². The highest BCUT2D eigenvalue weighted by molar-refractivity contribution is 5.91. The minimum Gasteiger partial charge on any atom is -0.368 e. The first-order valence-electron chi connectivity index (χ1n) is 6.88. The summed E-state index contributed by atoms with van der Waals surface area (Å²) in [5.74, 6) is 0.422. The maximum atomic E-state index is 11.4. The zero-order valence-corrected chi connectivity index (χ0v) is 12.6. The van der Waals surface area contributed by atoms with Crippen molar-refractivity contribution in [2.75, 3.05) is 18.9 Å². The lowest BCUT2D eigenvalue weighted by Crippen LogP contribution is -2.28. The van der Waals surface area contributed by atoms with Crippen LogP contribution in [-0.4, -0.2) is 29.7 Å². The van der Waals surface area contributed by atoms with E-state index in [-0.39, 0.29) is 11.3 Å². The molecule has 0 saturated carbocycles. The third-order valence-corrected chi connectivity index (χ3v) is 3.39. The van der Waals surface area contributed by atoms with E-state index in [9.17, 15) is 4.79 Å². The monoisotopic (exact) mass is 284 g/mol. The van der Waals surface area contributed by atoms with Crippen LogP contribution in [0.5, 0.6) is 0 Å². The molecule has 0 radical (unpaired) electrons. The molecule has 0 fully saturated rings. The SMILES string of the molecule is CNC(=O)c1ccc(NCC(C)(C)c2ccccc2)nn1. The predicted molar refractivity (Wildman–Crippen MR) is 83.4 cm³/mol. The van der Waals surface area contributed by atoms with Gasteiger partial charge in [-0.2, -0.15) is 0 Å². The largest absolute Gasteiger partial charge is 0.368 e. The van der Waals surface area contributed by atoms with Crippen LogP contribution < -0.4 is 10.6 Å². The molecular formula is C16H20N4O. The molecule has 5 nitrogen and oxygen atoms in total. The van der Waals surface area contributed by atoms with Gasteiger partial charge in [0, 0.05) is 19.0 Å². The molecule has 2 N–H and O–H groups in total. The number of rotatable bonds is 5. The Morgan fingerprint density at radius 2 is 1.81 bits per heavy atom. The smallest absolute Gasteiger partial charge is 0.271 e. The Bertz CT molecular complexity index is 593. The lowest BCUT2D eigenvalue weighted by molar-refractivity contribution is 0.0957. The van der Waals surface area contributed by atoms with Crippen LogP contribution in [0.3, 0.4) is 0 Å². The molecule has 110 valence electrons. The first-order chi connectivity index (χ1) is 10.0. The number of anilines is 1. The molecule has 0 aliphatic rings. The maximum Gasteiger partial charge on any atom is 0.271 e. The van der Waals surface area contributed by atoms with Gasteiger partial charge in [-0.25, -0.2) is 0 Å². The number of aromatic nitrogens is 2. The minimum atomic E-state index is -0.237. The summed E-state index contributed by atoms with van der Waals surface area (Å²) < 4.78 is 0. The van der Waals surface area contributed by atoms with Crippen molar-refractivity contribution in [2.45, 2.75) is 19.3 Å². The number of carbonyl (C=O) groups is 1. The highest BCUT2D eigenvalue weighted by Gasteiger charge is 2.20. The van der Waals surface area contributed by atoms with E-state index in [0.717, 1.165) is 6.54 Å². The van der Waals surface area contributed by atoms with E-state index < -0.39 is 0 Å². The fourth-order valence-corrected chi connectivity index (χ4v) is 1.98. The molecule has 21 heavy (non-hydrogen) atoms. The number of nitrogens with one attached hydrogen (secondary N) is 2. The van der Waals surface area contributed by atoms with Gasteiger partial charge in [-0.05, 0) is 17.7 Å². The number of carbonyl (C=O) groups excluding carboxylic acids is 1. The number of nitrogens with zero attached hydrogens (tertiary/aromatic N) is 2. The molecular weight excluding hydrogens is 264 g/mol. The fraction of sp³-hybridized carbons (Fsp3) is 0.312. The molecule has 1 aromatic heterocycles. The van der Waals surface area contributed by atoms with E-state index in [1.54, 1.807) is 19.2 Å². The van der Waals surface area contributed by atoms with Gasteiger partial charge in [0.25, 0.3) is 5.91 Å². The zero-order chi connectivity index (χ0) is 15.3. The Morgan fingerprint density at radius 1 is 1.10 bits per heavy atom. The highest BCUT2D eigenvalue weighted by atomic mass is 16.1. The summed E-state index contributed by atoms with van der Waals surface area (Å²) in [4.78, 5) is 11.4. The molecule has 0 atom stereocenters. The minimum absolute atomic E-state index is 0.0254. The van der Waals surface area contributed by atoms with Crippen LogP contribution in [0.4, 0.5) is 5.82 Å². The first-order valence-corrected chi connectivity index (χ1v) is 6.88. The van der Waals surface area contributed by atoms with Gasteiger partial charge in [-0.3, -0.25) is 4.79 Å². The van der Waals surface area contributed by atoms with Crippen molar-refractivity contribution < 1.29 is 4.79 Å². The summed E-state index contributed by atoms with van der Waals surface area (Å²) in [7, 11) is 1.57.